The molecule has 4 rings (SSSR count). The van der Waals surface area contributed by atoms with Crippen LogP contribution in [0.3, 0.4) is 0 Å². The molecular formula is C19H20BrFN2O2. The third kappa shape index (κ3) is 3.41. The molecule has 3 aromatic rings. The summed E-state index contributed by atoms with van der Waals surface area (Å²) >= 11 is 0. The summed E-state index contributed by atoms with van der Waals surface area (Å²) in [4.78, 5) is 12.2. The lowest BCUT2D eigenvalue weighted by Crippen LogP contribution is -2.27. The molecule has 0 bridgehead atoms. The summed E-state index contributed by atoms with van der Waals surface area (Å²) in [7, 11) is 0. The fourth-order valence-corrected chi connectivity index (χ4v) is 3.52. The first-order valence-electron chi connectivity index (χ1n) is 8.31. The summed E-state index contributed by atoms with van der Waals surface area (Å²) in [5.74, 6) is 0.641. The Balaban J connectivity index is 0.00000182. The van der Waals surface area contributed by atoms with Gasteiger partial charge >= 0.3 is 0 Å². The van der Waals surface area contributed by atoms with Crippen LogP contribution in [0.25, 0.3) is 10.8 Å². The van der Waals surface area contributed by atoms with Crippen LogP contribution in [-0.4, -0.2) is 18.2 Å². The number of piperidine rings is 1. The zero-order chi connectivity index (χ0) is 16.5. The van der Waals surface area contributed by atoms with Crippen molar-refractivity contribution in [2.75, 3.05) is 13.1 Å². The van der Waals surface area contributed by atoms with Gasteiger partial charge in [0.2, 0.25) is 0 Å². The molecule has 0 unspecified atom stereocenters. The summed E-state index contributed by atoms with van der Waals surface area (Å²) in [5.41, 5.74) is 0.822. The van der Waals surface area contributed by atoms with Gasteiger partial charge in [-0.05, 0) is 36.9 Å². The van der Waals surface area contributed by atoms with Crippen molar-refractivity contribution >= 4 is 27.8 Å². The summed E-state index contributed by atoms with van der Waals surface area (Å²) in [6.07, 6.45) is 2.10. The van der Waals surface area contributed by atoms with E-state index in [0.717, 1.165) is 31.3 Å². The Hall–Kier alpha value is -1.92. The number of hydrogen-bond acceptors (Lipinski definition) is 3. The number of H-pyrrole nitrogens is 1. The number of rotatable bonds is 3. The predicted octanol–water partition coefficient (Wildman–Crippen LogP) is 3.90. The molecule has 0 spiro atoms. The monoisotopic (exact) mass is 406 g/mol. The van der Waals surface area contributed by atoms with Crippen molar-refractivity contribution in [2.24, 2.45) is 0 Å². The van der Waals surface area contributed by atoms with Gasteiger partial charge in [-0.1, -0.05) is 36.4 Å². The zero-order valence-corrected chi connectivity index (χ0v) is 15.4. The highest BCUT2D eigenvalue weighted by Gasteiger charge is 2.25. The molecular weight excluding hydrogens is 387 g/mol. The lowest BCUT2D eigenvalue weighted by Gasteiger charge is -2.21. The van der Waals surface area contributed by atoms with Gasteiger partial charge in [0.25, 0.3) is 5.56 Å². The molecule has 132 valence electrons. The summed E-state index contributed by atoms with van der Waals surface area (Å²) in [5, 5.41) is 7.18. The summed E-state index contributed by atoms with van der Waals surface area (Å²) < 4.78 is 20.3. The van der Waals surface area contributed by atoms with E-state index in [2.05, 4.69) is 10.5 Å². The molecule has 1 aliphatic heterocycles. The second-order valence-electron chi connectivity index (χ2n) is 6.34. The normalized spacial score (nSPS) is 15.2. The van der Waals surface area contributed by atoms with E-state index in [9.17, 15) is 9.18 Å². The van der Waals surface area contributed by atoms with Gasteiger partial charge < -0.3 is 9.84 Å². The molecule has 1 fully saturated rings. The van der Waals surface area contributed by atoms with E-state index in [4.69, 9.17) is 4.52 Å². The lowest BCUT2D eigenvalue weighted by atomic mass is 9.91. The molecule has 0 amide bonds. The molecule has 0 aliphatic carbocycles. The van der Waals surface area contributed by atoms with Crippen LogP contribution >= 0.6 is 17.0 Å². The van der Waals surface area contributed by atoms with Gasteiger partial charge in [0.1, 0.15) is 11.6 Å². The van der Waals surface area contributed by atoms with Crippen LogP contribution in [-0.2, 0) is 6.42 Å². The van der Waals surface area contributed by atoms with Crippen LogP contribution in [0.5, 0.6) is 0 Å². The number of halogens is 2. The highest BCUT2D eigenvalue weighted by molar-refractivity contribution is 8.93. The second-order valence-corrected chi connectivity index (χ2v) is 6.34. The van der Waals surface area contributed by atoms with Crippen molar-refractivity contribution in [2.45, 2.75) is 25.2 Å². The number of benzene rings is 2. The molecule has 4 nitrogen and oxygen atoms in total. The summed E-state index contributed by atoms with van der Waals surface area (Å²) in [6.45, 7) is 1.81. The molecule has 6 heteroatoms. The van der Waals surface area contributed by atoms with Gasteiger partial charge in [0.05, 0.1) is 5.56 Å². The quantitative estimate of drug-likeness (QED) is 0.693. The van der Waals surface area contributed by atoms with Crippen LogP contribution < -0.4 is 10.9 Å². The Kier molecular flexibility index (Phi) is 5.39. The minimum atomic E-state index is -0.259. The number of hydrogen-bond donors (Lipinski definition) is 2. The van der Waals surface area contributed by atoms with Gasteiger partial charge in [0.15, 0.2) is 0 Å². The van der Waals surface area contributed by atoms with E-state index < -0.39 is 0 Å². The SMILES string of the molecule is Br.O=c1[nH]oc(C2CCNCC2)c1Cc1ccc2ccccc2c1F. The minimum Gasteiger partial charge on any atom is -0.383 e. The van der Waals surface area contributed by atoms with Gasteiger partial charge in [0, 0.05) is 17.7 Å². The highest BCUT2D eigenvalue weighted by Crippen LogP contribution is 2.29. The van der Waals surface area contributed by atoms with Crippen molar-refractivity contribution < 1.29 is 8.91 Å². The van der Waals surface area contributed by atoms with Crippen LogP contribution in [0.15, 0.2) is 45.7 Å². The van der Waals surface area contributed by atoms with Gasteiger partial charge in [-0.2, -0.15) is 5.16 Å². The smallest absolute Gasteiger partial charge is 0.283 e. The van der Waals surface area contributed by atoms with E-state index in [1.54, 1.807) is 12.1 Å². The molecule has 1 aromatic heterocycles. The van der Waals surface area contributed by atoms with Crippen LogP contribution in [0.2, 0.25) is 0 Å². The van der Waals surface area contributed by atoms with E-state index in [1.165, 1.54) is 0 Å². The summed E-state index contributed by atoms with van der Waals surface area (Å²) in [6, 6.07) is 11.0. The topological polar surface area (TPSA) is 58.0 Å². The van der Waals surface area contributed by atoms with Gasteiger partial charge in [-0.15, -0.1) is 17.0 Å². The number of nitrogens with one attached hydrogen (secondary N) is 2. The van der Waals surface area contributed by atoms with E-state index in [-0.39, 0.29) is 40.7 Å². The van der Waals surface area contributed by atoms with Gasteiger partial charge in [-0.25, -0.2) is 4.39 Å². The molecule has 0 saturated carbocycles. The molecule has 0 atom stereocenters. The first-order valence-corrected chi connectivity index (χ1v) is 8.31. The van der Waals surface area contributed by atoms with Crippen LogP contribution in [0.1, 0.15) is 35.6 Å². The predicted molar refractivity (Wildman–Crippen MR) is 101 cm³/mol. The van der Waals surface area contributed by atoms with Crippen molar-refractivity contribution in [3.63, 3.8) is 0 Å². The van der Waals surface area contributed by atoms with Crippen LogP contribution in [0, 0.1) is 5.82 Å². The zero-order valence-electron chi connectivity index (χ0n) is 13.7. The molecule has 2 aromatic carbocycles. The van der Waals surface area contributed by atoms with Crippen molar-refractivity contribution in [3.05, 3.63) is 69.5 Å². The average Bonchev–Trinajstić information content (AvgIpc) is 2.99. The lowest BCUT2D eigenvalue weighted by molar-refractivity contribution is 0.323. The van der Waals surface area contributed by atoms with Crippen molar-refractivity contribution in [1.82, 2.24) is 10.5 Å². The fourth-order valence-electron chi connectivity index (χ4n) is 3.52. The number of fused-ring (bicyclic) bond motifs is 1. The standard InChI is InChI=1S/C19H19FN2O2.BrH/c20-17-14(6-5-12-3-1-2-4-15(12)17)11-16-18(24-22-19(16)23)13-7-9-21-10-8-13;/h1-6,13,21H,7-11H2,(H,22,23);1H. The second kappa shape index (κ2) is 7.54. The van der Waals surface area contributed by atoms with Crippen LogP contribution in [0.4, 0.5) is 4.39 Å². The molecule has 2 N–H and O–H groups in total. The van der Waals surface area contributed by atoms with Gasteiger partial charge in [-0.3, -0.25) is 4.79 Å². The van der Waals surface area contributed by atoms with E-state index >= 15 is 0 Å². The maximum absolute atomic E-state index is 14.8. The Morgan fingerprint density at radius 3 is 2.68 bits per heavy atom. The third-order valence-electron chi connectivity index (χ3n) is 4.85. The average molecular weight is 407 g/mol. The van der Waals surface area contributed by atoms with E-state index in [1.807, 2.05) is 24.3 Å². The maximum atomic E-state index is 14.8. The Bertz CT molecular complexity index is 929. The Morgan fingerprint density at radius 1 is 1.12 bits per heavy atom. The Labute approximate surface area is 155 Å². The fraction of sp³-hybridized carbons (Fsp3) is 0.316. The first-order chi connectivity index (χ1) is 11.7. The van der Waals surface area contributed by atoms with Crippen molar-refractivity contribution in [3.8, 4) is 0 Å². The molecule has 2 heterocycles. The Morgan fingerprint density at radius 2 is 1.88 bits per heavy atom. The maximum Gasteiger partial charge on any atom is 0.283 e. The number of aromatic nitrogens is 1. The minimum absolute atomic E-state index is 0. The highest BCUT2D eigenvalue weighted by atomic mass is 79.9. The third-order valence-corrected chi connectivity index (χ3v) is 4.85. The largest absolute Gasteiger partial charge is 0.383 e. The van der Waals surface area contributed by atoms with Crippen molar-refractivity contribution in [1.29, 1.82) is 0 Å². The van der Waals surface area contributed by atoms with E-state index in [0.29, 0.717) is 22.3 Å². The first kappa shape index (κ1) is 17.9. The molecule has 1 aliphatic rings. The molecule has 0 radical (unpaired) electrons. The molecule has 1 saturated heterocycles. The molecule has 25 heavy (non-hydrogen) atoms. The number of aromatic amines is 1.